The normalized spacial score (nSPS) is 10.9. The van der Waals surface area contributed by atoms with E-state index in [1.165, 1.54) is 74.5 Å². The zero-order chi connectivity index (χ0) is 22.4. The minimum atomic E-state index is 0.581. The molecule has 0 spiro atoms. The molecule has 3 rings (SSSR count). The second kappa shape index (κ2) is 13.7. The van der Waals surface area contributed by atoms with Gasteiger partial charge in [-0.3, -0.25) is 0 Å². The van der Waals surface area contributed by atoms with Crippen LogP contribution in [-0.2, 0) is 19.4 Å². The van der Waals surface area contributed by atoms with Crippen molar-refractivity contribution in [3.8, 4) is 17.1 Å². The van der Waals surface area contributed by atoms with Crippen LogP contribution in [0.4, 0.5) is 0 Å². The van der Waals surface area contributed by atoms with Gasteiger partial charge in [0.15, 0.2) is 5.82 Å². The highest BCUT2D eigenvalue weighted by Gasteiger charge is 2.04. The highest BCUT2D eigenvalue weighted by Crippen LogP contribution is 2.21. The van der Waals surface area contributed by atoms with Gasteiger partial charge < -0.3 is 4.74 Å². The van der Waals surface area contributed by atoms with Gasteiger partial charge >= 0.3 is 0 Å². The van der Waals surface area contributed by atoms with E-state index in [1.54, 1.807) is 0 Å². The molecule has 170 valence electrons. The molecular formula is C29H38N2O. The van der Waals surface area contributed by atoms with Crippen LogP contribution in [0.1, 0.15) is 81.9 Å². The second-order valence-corrected chi connectivity index (χ2v) is 8.67. The first kappa shape index (κ1) is 24.0. The predicted octanol–water partition coefficient (Wildman–Crippen LogP) is 7.97. The van der Waals surface area contributed by atoms with Gasteiger partial charge in [-0.25, -0.2) is 9.97 Å². The third-order valence-electron chi connectivity index (χ3n) is 5.88. The molecule has 3 heteroatoms. The average molecular weight is 431 g/mol. The fourth-order valence-electron chi connectivity index (χ4n) is 3.81. The van der Waals surface area contributed by atoms with Gasteiger partial charge in [-0.05, 0) is 66.6 Å². The smallest absolute Gasteiger partial charge is 0.159 e. The maximum atomic E-state index is 5.97. The number of benzene rings is 2. The Kier molecular flexibility index (Phi) is 10.2. The summed E-state index contributed by atoms with van der Waals surface area (Å²) < 4.78 is 5.97. The first-order chi connectivity index (χ1) is 15.8. The van der Waals surface area contributed by atoms with Gasteiger partial charge in [0, 0.05) is 18.0 Å². The Morgan fingerprint density at radius 3 is 1.84 bits per heavy atom. The van der Waals surface area contributed by atoms with Crippen molar-refractivity contribution in [2.75, 3.05) is 0 Å². The van der Waals surface area contributed by atoms with Crippen molar-refractivity contribution in [2.24, 2.45) is 0 Å². The lowest BCUT2D eigenvalue weighted by atomic mass is 10.1. The van der Waals surface area contributed by atoms with Crippen molar-refractivity contribution in [1.82, 2.24) is 9.97 Å². The molecule has 0 atom stereocenters. The maximum Gasteiger partial charge on any atom is 0.159 e. The number of unbranched alkanes of at least 4 members (excludes halogenated alkanes) is 6. The Morgan fingerprint density at radius 1 is 0.594 bits per heavy atom. The molecule has 0 saturated carbocycles. The fraction of sp³-hybridized carbons (Fsp3) is 0.448. The van der Waals surface area contributed by atoms with E-state index >= 15 is 0 Å². The van der Waals surface area contributed by atoms with Crippen LogP contribution in [0.3, 0.4) is 0 Å². The molecule has 3 aromatic rings. The number of aromatic nitrogens is 2. The molecule has 2 aromatic carbocycles. The molecule has 1 aromatic heterocycles. The van der Waals surface area contributed by atoms with Gasteiger partial charge in [0.1, 0.15) is 12.4 Å². The highest BCUT2D eigenvalue weighted by atomic mass is 16.5. The zero-order valence-electron chi connectivity index (χ0n) is 19.9. The average Bonchev–Trinajstić information content (AvgIpc) is 2.84. The molecule has 1 heterocycles. The SMILES string of the molecule is CCCCCCCc1cnc(-c2ccc(OCc3ccc(CCCCC)cc3)cc2)nc1. The molecule has 32 heavy (non-hydrogen) atoms. The topological polar surface area (TPSA) is 35.0 Å². The molecule has 0 amide bonds. The van der Waals surface area contributed by atoms with E-state index in [4.69, 9.17) is 4.74 Å². The Morgan fingerprint density at radius 2 is 1.16 bits per heavy atom. The standard InChI is InChI=1S/C29H38N2O/c1-3-5-7-8-10-12-26-21-30-29(31-22-26)27-17-19-28(20-18-27)32-23-25-15-13-24(14-16-25)11-9-6-4-2/h13-22H,3-12,23H2,1-2H3. The van der Waals surface area contributed by atoms with E-state index in [2.05, 4.69) is 48.1 Å². The molecule has 0 aliphatic rings. The van der Waals surface area contributed by atoms with Crippen molar-refractivity contribution in [2.45, 2.75) is 84.7 Å². The van der Waals surface area contributed by atoms with Crippen molar-refractivity contribution in [3.63, 3.8) is 0 Å². The van der Waals surface area contributed by atoms with Gasteiger partial charge in [-0.2, -0.15) is 0 Å². The lowest BCUT2D eigenvalue weighted by molar-refractivity contribution is 0.306. The summed E-state index contributed by atoms with van der Waals surface area (Å²) in [5.74, 6) is 1.63. The molecule has 0 aliphatic heterocycles. The minimum Gasteiger partial charge on any atom is -0.489 e. The van der Waals surface area contributed by atoms with Crippen LogP contribution in [0.15, 0.2) is 60.9 Å². The number of hydrogen-bond acceptors (Lipinski definition) is 3. The van der Waals surface area contributed by atoms with Crippen LogP contribution >= 0.6 is 0 Å². The van der Waals surface area contributed by atoms with Crippen LogP contribution in [0.2, 0.25) is 0 Å². The number of hydrogen-bond donors (Lipinski definition) is 0. The molecule has 0 unspecified atom stereocenters. The summed E-state index contributed by atoms with van der Waals surface area (Å²) in [5.41, 5.74) is 4.85. The molecule has 0 saturated heterocycles. The zero-order valence-corrected chi connectivity index (χ0v) is 19.9. The predicted molar refractivity (Wildman–Crippen MR) is 134 cm³/mol. The Hall–Kier alpha value is -2.68. The molecular weight excluding hydrogens is 392 g/mol. The van der Waals surface area contributed by atoms with Crippen LogP contribution in [0.25, 0.3) is 11.4 Å². The number of ether oxygens (including phenoxy) is 1. The number of nitrogens with zero attached hydrogens (tertiary/aromatic N) is 2. The molecule has 3 nitrogen and oxygen atoms in total. The van der Waals surface area contributed by atoms with E-state index in [0.717, 1.165) is 23.6 Å². The minimum absolute atomic E-state index is 0.581. The third kappa shape index (κ3) is 8.11. The quantitative estimate of drug-likeness (QED) is 0.243. The summed E-state index contributed by atoms with van der Waals surface area (Å²) in [4.78, 5) is 9.14. The summed E-state index contributed by atoms with van der Waals surface area (Å²) in [6, 6.07) is 16.9. The van der Waals surface area contributed by atoms with E-state index in [-0.39, 0.29) is 0 Å². The first-order valence-corrected chi connectivity index (χ1v) is 12.4. The van der Waals surface area contributed by atoms with Gasteiger partial charge in [0.25, 0.3) is 0 Å². The van der Waals surface area contributed by atoms with Crippen LogP contribution in [0.5, 0.6) is 5.75 Å². The monoisotopic (exact) mass is 430 g/mol. The summed E-state index contributed by atoms with van der Waals surface area (Å²) in [7, 11) is 0. The summed E-state index contributed by atoms with van der Waals surface area (Å²) in [5, 5.41) is 0. The molecule has 0 fully saturated rings. The maximum absolute atomic E-state index is 5.97. The summed E-state index contributed by atoms with van der Waals surface area (Å²) >= 11 is 0. The lowest BCUT2D eigenvalue weighted by Gasteiger charge is -2.08. The van der Waals surface area contributed by atoms with E-state index < -0.39 is 0 Å². The molecule has 0 aliphatic carbocycles. The van der Waals surface area contributed by atoms with E-state index in [9.17, 15) is 0 Å². The van der Waals surface area contributed by atoms with Gasteiger partial charge in [0.2, 0.25) is 0 Å². The fourth-order valence-corrected chi connectivity index (χ4v) is 3.81. The van der Waals surface area contributed by atoms with Crippen molar-refractivity contribution >= 4 is 0 Å². The summed E-state index contributed by atoms with van der Waals surface area (Å²) in [6.07, 6.45) is 16.5. The first-order valence-electron chi connectivity index (χ1n) is 12.4. The molecule has 0 bridgehead atoms. The molecule has 0 radical (unpaired) electrons. The Balaban J connectivity index is 1.45. The number of aryl methyl sites for hydroxylation is 2. The molecule has 0 N–H and O–H groups in total. The van der Waals surface area contributed by atoms with Crippen molar-refractivity contribution in [3.05, 3.63) is 77.6 Å². The van der Waals surface area contributed by atoms with Crippen molar-refractivity contribution in [1.29, 1.82) is 0 Å². The van der Waals surface area contributed by atoms with E-state index in [1.807, 2.05) is 36.7 Å². The van der Waals surface area contributed by atoms with Crippen molar-refractivity contribution < 1.29 is 4.74 Å². The Labute approximate surface area is 194 Å². The third-order valence-corrected chi connectivity index (χ3v) is 5.88. The summed E-state index contributed by atoms with van der Waals surface area (Å²) in [6.45, 7) is 5.07. The largest absolute Gasteiger partial charge is 0.489 e. The Bertz CT molecular complexity index is 886. The van der Waals surface area contributed by atoms with Gasteiger partial charge in [-0.1, -0.05) is 76.6 Å². The van der Waals surface area contributed by atoms with Gasteiger partial charge in [0.05, 0.1) is 0 Å². The van der Waals surface area contributed by atoms with E-state index in [0.29, 0.717) is 6.61 Å². The van der Waals surface area contributed by atoms with Crippen LogP contribution < -0.4 is 4.74 Å². The number of rotatable bonds is 14. The second-order valence-electron chi connectivity index (χ2n) is 8.67. The van der Waals surface area contributed by atoms with Gasteiger partial charge in [-0.15, -0.1) is 0 Å². The lowest BCUT2D eigenvalue weighted by Crippen LogP contribution is -1.96. The highest BCUT2D eigenvalue weighted by molar-refractivity contribution is 5.55. The van der Waals surface area contributed by atoms with Crippen LogP contribution in [-0.4, -0.2) is 9.97 Å². The van der Waals surface area contributed by atoms with Crippen LogP contribution in [0, 0.1) is 0 Å².